The van der Waals surface area contributed by atoms with Crippen molar-refractivity contribution in [3.05, 3.63) is 75.1 Å². The molecule has 39 heavy (non-hydrogen) atoms. The highest BCUT2D eigenvalue weighted by Crippen LogP contribution is 2.34. The molecule has 0 unspecified atom stereocenters. The molecule has 0 radical (unpaired) electrons. The van der Waals surface area contributed by atoms with Gasteiger partial charge in [0.1, 0.15) is 11.4 Å². The molecule has 4 aromatic rings. The standard InChI is InChI=1S/C26H24F4N6O3/c1-39-22-12-31-20(10-32-22)18-8-15-5-6-36(25(38)17(15)9-19(18)27)13-14-3-2-4-16(7-14)34-21-11-33-35-24(37)23(21)26(28,29)30/h5-6,8-12,14,16H,2-4,7,13H2,1H3,(H2,34,35,37)/t14-,16+/m1/s1. The van der Waals surface area contributed by atoms with Gasteiger partial charge in [0.15, 0.2) is 0 Å². The third kappa shape index (κ3) is 5.47. The van der Waals surface area contributed by atoms with Crippen molar-refractivity contribution in [1.29, 1.82) is 0 Å². The topological polar surface area (TPSA) is 115 Å². The first-order chi connectivity index (χ1) is 18.6. The second-order valence-electron chi connectivity index (χ2n) is 9.50. The van der Waals surface area contributed by atoms with Crippen LogP contribution in [0, 0.1) is 11.7 Å². The predicted molar refractivity (Wildman–Crippen MR) is 135 cm³/mol. The number of fused-ring (bicyclic) bond motifs is 1. The van der Waals surface area contributed by atoms with Gasteiger partial charge in [0.05, 0.1) is 42.5 Å². The van der Waals surface area contributed by atoms with Gasteiger partial charge < -0.3 is 14.6 Å². The van der Waals surface area contributed by atoms with Crippen LogP contribution in [0.1, 0.15) is 31.2 Å². The van der Waals surface area contributed by atoms with Crippen LogP contribution in [0.2, 0.25) is 0 Å². The Bertz CT molecular complexity index is 1620. The van der Waals surface area contributed by atoms with E-state index in [0.29, 0.717) is 30.5 Å². The Morgan fingerprint density at radius 1 is 1.15 bits per heavy atom. The number of halogens is 4. The van der Waals surface area contributed by atoms with E-state index in [2.05, 4.69) is 20.4 Å². The van der Waals surface area contributed by atoms with E-state index in [0.717, 1.165) is 19.0 Å². The lowest BCUT2D eigenvalue weighted by Gasteiger charge is -2.31. The van der Waals surface area contributed by atoms with Crippen LogP contribution >= 0.6 is 0 Å². The number of methoxy groups -OCH3 is 1. The number of ether oxygens (including phenoxy) is 1. The molecule has 1 fully saturated rings. The maximum absolute atomic E-state index is 15.0. The van der Waals surface area contributed by atoms with Crippen LogP contribution in [0.4, 0.5) is 23.2 Å². The summed E-state index contributed by atoms with van der Waals surface area (Å²) >= 11 is 0. The highest BCUT2D eigenvalue weighted by atomic mass is 19.4. The maximum Gasteiger partial charge on any atom is 0.423 e. The number of nitrogens with one attached hydrogen (secondary N) is 2. The zero-order chi connectivity index (χ0) is 27.7. The number of rotatable bonds is 6. The number of pyridine rings is 1. The summed E-state index contributed by atoms with van der Waals surface area (Å²) in [5, 5.41) is 8.90. The quantitative estimate of drug-likeness (QED) is 0.346. The highest BCUT2D eigenvalue weighted by Gasteiger charge is 2.38. The van der Waals surface area contributed by atoms with Crippen LogP contribution in [0.5, 0.6) is 5.88 Å². The fraction of sp³-hybridized carbons (Fsp3) is 0.346. The third-order valence-corrected chi connectivity index (χ3v) is 6.91. The Kier molecular flexibility index (Phi) is 7.06. The molecule has 0 saturated heterocycles. The Labute approximate surface area is 218 Å². The van der Waals surface area contributed by atoms with Gasteiger partial charge in [-0.3, -0.25) is 9.59 Å². The lowest BCUT2D eigenvalue weighted by molar-refractivity contribution is -0.138. The molecular formula is C26H24F4N6O3. The molecule has 2 atom stereocenters. The first kappa shape index (κ1) is 26.3. The van der Waals surface area contributed by atoms with E-state index in [1.165, 1.54) is 30.1 Å². The molecule has 5 rings (SSSR count). The second-order valence-corrected chi connectivity index (χ2v) is 9.50. The average Bonchev–Trinajstić information content (AvgIpc) is 2.90. The van der Waals surface area contributed by atoms with Gasteiger partial charge in [-0.15, -0.1) is 0 Å². The molecular weight excluding hydrogens is 520 g/mol. The molecule has 3 aromatic heterocycles. The van der Waals surface area contributed by atoms with Crippen molar-refractivity contribution in [2.45, 2.75) is 44.4 Å². The van der Waals surface area contributed by atoms with Gasteiger partial charge in [-0.05, 0) is 48.8 Å². The normalized spacial score (nSPS) is 17.8. The lowest BCUT2D eigenvalue weighted by Crippen LogP contribution is -2.33. The second kappa shape index (κ2) is 10.5. The van der Waals surface area contributed by atoms with Crippen LogP contribution in [0.3, 0.4) is 0 Å². The number of H-pyrrole nitrogens is 1. The number of benzene rings is 1. The molecule has 9 nitrogen and oxygen atoms in total. The molecule has 204 valence electrons. The summed E-state index contributed by atoms with van der Waals surface area (Å²) in [7, 11) is 1.45. The number of hydrogen-bond donors (Lipinski definition) is 2. The van der Waals surface area contributed by atoms with Crippen LogP contribution in [-0.4, -0.2) is 37.9 Å². The van der Waals surface area contributed by atoms with Gasteiger partial charge in [0.25, 0.3) is 11.1 Å². The molecule has 0 aliphatic heterocycles. The fourth-order valence-corrected chi connectivity index (χ4v) is 5.08. The van der Waals surface area contributed by atoms with Crippen molar-refractivity contribution in [3.63, 3.8) is 0 Å². The van der Waals surface area contributed by atoms with Gasteiger partial charge in [-0.2, -0.15) is 18.3 Å². The average molecular weight is 545 g/mol. The van der Waals surface area contributed by atoms with Crippen molar-refractivity contribution >= 4 is 16.5 Å². The smallest absolute Gasteiger partial charge is 0.423 e. The van der Waals surface area contributed by atoms with Gasteiger partial charge in [-0.1, -0.05) is 6.42 Å². The van der Waals surface area contributed by atoms with E-state index < -0.39 is 23.1 Å². The Hall–Kier alpha value is -4.29. The zero-order valence-corrected chi connectivity index (χ0v) is 20.8. The van der Waals surface area contributed by atoms with Crippen LogP contribution < -0.4 is 21.2 Å². The minimum Gasteiger partial charge on any atom is -0.480 e. The summed E-state index contributed by atoms with van der Waals surface area (Å²) in [4.78, 5) is 33.2. The van der Waals surface area contributed by atoms with Crippen molar-refractivity contribution in [2.75, 3.05) is 12.4 Å². The molecule has 1 aliphatic rings. The summed E-state index contributed by atoms with van der Waals surface area (Å²) in [5.41, 5.74) is -2.86. The maximum atomic E-state index is 15.0. The van der Waals surface area contributed by atoms with E-state index in [4.69, 9.17) is 4.74 Å². The van der Waals surface area contributed by atoms with Crippen molar-refractivity contribution in [2.24, 2.45) is 5.92 Å². The fourth-order valence-electron chi connectivity index (χ4n) is 5.08. The molecule has 1 aromatic carbocycles. The van der Waals surface area contributed by atoms with E-state index in [1.54, 1.807) is 18.3 Å². The molecule has 13 heteroatoms. The SMILES string of the molecule is COc1cnc(-c2cc3ccn(C[C@@H]4CCC[C@H](Nc5cn[nH]c(=O)c5C(F)(F)F)C4)c(=O)c3cc2F)cn1. The van der Waals surface area contributed by atoms with Crippen molar-refractivity contribution in [1.82, 2.24) is 24.7 Å². The van der Waals surface area contributed by atoms with Gasteiger partial charge >= 0.3 is 6.18 Å². The third-order valence-electron chi connectivity index (χ3n) is 6.91. The first-order valence-corrected chi connectivity index (χ1v) is 12.2. The number of hydrogen-bond acceptors (Lipinski definition) is 7. The van der Waals surface area contributed by atoms with E-state index >= 15 is 0 Å². The van der Waals surface area contributed by atoms with E-state index in [9.17, 15) is 27.2 Å². The number of aromatic nitrogens is 5. The predicted octanol–water partition coefficient (Wildman–Crippen LogP) is 4.38. The molecule has 0 bridgehead atoms. The molecule has 1 aliphatic carbocycles. The molecule has 0 spiro atoms. The van der Waals surface area contributed by atoms with Crippen LogP contribution in [0.25, 0.3) is 22.0 Å². The van der Waals surface area contributed by atoms with Gasteiger partial charge in [-0.25, -0.2) is 19.5 Å². The molecule has 3 heterocycles. The lowest BCUT2D eigenvalue weighted by atomic mass is 9.85. The Morgan fingerprint density at radius 3 is 2.69 bits per heavy atom. The van der Waals surface area contributed by atoms with Crippen molar-refractivity contribution < 1.29 is 22.3 Å². The van der Waals surface area contributed by atoms with E-state index in [-0.39, 0.29) is 40.0 Å². The summed E-state index contributed by atoms with van der Waals surface area (Å²) in [6, 6.07) is 4.10. The van der Waals surface area contributed by atoms with Gasteiger partial charge in [0.2, 0.25) is 5.88 Å². The van der Waals surface area contributed by atoms with Crippen LogP contribution in [-0.2, 0) is 12.7 Å². The summed E-state index contributed by atoms with van der Waals surface area (Å²) in [6.45, 7) is 0.319. The minimum absolute atomic E-state index is 0.0191. The van der Waals surface area contributed by atoms with Crippen molar-refractivity contribution in [3.8, 4) is 17.1 Å². The number of nitrogens with zero attached hydrogens (tertiary/aromatic N) is 4. The first-order valence-electron chi connectivity index (χ1n) is 12.2. The Balaban J connectivity index is 1.35. The Morgan fingerprint density at radius 2 is 1.97 bits per heavy atom. The van der Waals surface area contributed by atoms with Crippen LogP contribution in [0.15, 0.2) is 52.6 Å². The summed E-state index contributed by atoms with van der Waals surface area (Å²) in [6.07, 6.45) is 3.10. The summed E-state index contributed by atoms with van der Waals surface area (Å²) in [5.74, 6) is -0.349. The number of alkyl halides is 3. The number of aromatic amines is 1. The molecule has 1 saturated carbocycles. The van der Waals surface area contributed by atoms with Gasteiger partial charge in [0, 0.05) is 24.3 Å². The number of anilines is 1. The summed E-state index contributed by atoms with van der Waals surface area (Å²) < 4.78 is 61.7. The minimum atomic E-state index is -4.83. The monoisotopic (exact) mass is 544 g/mol. The molecule has 0 amide bonds. The molecule has 2 N–H and O–H groups in total. The largest absolute Gasteiger partial charge is 0.480 e. The zero-order valence-electron chi connectivity index (χ0n) is 20.8. The van der Waals surface area contributed by atoms with E-state index in [1.807, 2.05) is 5.10 Å². The highest BCUT2D eigenvalue weighted by molar-refractivity contribution is 5.86.